The number of benzene rings is 1. The van der Waals surface area contributed by atoms with Crippen LogP contribution in [0.15, 0.2) is 18.2 Å². The third-order valence-corrected chi connectivity index (χ3v) is 5.34. The van der Waals surface area contributed by atoms with Gasteiger partial charge in [0.1, 0.15) is 0 Å². The van der Waals surface area contributed by atoms with Crippen molar-refractivity contribution in [2.75, 3.05) is 6.26 Å². The summed E-state index contributed by atoms with van der Waals surface area (Å²) in [6.07, 6.45) is 7.49. The molecule has 100 valence electrons. The third-order valence-electron chi connectivity index (χ3n) is 3.57. The molecule has 1 aromatic rings. The second kappa shape index (κ2) is 7.04. The highest BCUT2D eigenvalue weighted by Gasteiger charge is 2.23. The maximum absolute atomic E-state index is 6.18. The molecule has 0 bridgehead atoms. The Morgan fingerprint density at radius 3 is 2.83 bits per heavy atom. The van der Waals surface area contributed by atoms with Crippen LogP contribution in [0.2, 0.25) is 10.0 Å². The molecule has 0 saturated heterocycles. The molecule has 2 unspecified atom stereocenters. The zero-order valence-corrected chi connectivity index (χ0v) is 12.9. The summed E-state index contributed by atoms with van der Waals surface area (Å²) in [5, 5.41) is 5.92. The fourth-order valence-electron chi connectivity index (χ4n) is 2.53. The van der Waals surface area contributed by atoms with E-state index >= 15 is 0 Å². The first-order chi connectivity index (χ1) is 8.70. The second-order valence-electron chi connectivity index (χ2n) is 4.78. The van der Waals surface area contributed by atoms with E-state index in [4.69, 9.17) is 23.2 Å². The summed E-state index contributed by atoms with van der Waals surface area (Å²) < 4.78 is 0. The molecule has 1 N–H and O–H groups in total. The highest BCUT2D eigenvalue weighted by Crippen LogP contribution is 2.28. The predicted octanol–water partition coefficient (Wildman–Crippen LogP) is 4.76. The smallest absolute Gasteiger partial charge is 0.0451 e. The number of hydrogen-bond acceptors (Lipinski definition) is 2. The van der Waals surface area contributed by atoms with E-state index in [-0.39, 0.29) is 0 Å². The van der Waals surface area contributed by atoms with Crippen LogP contribution < -0.4 is 5.32 Å². The lowest BCUT2D eigenvalue weighted by molar-refractivity contribution is 0.383. The first-order valence-electron chi connectivity index (χ1n) is 6.41. The summed E-state index contributed by atoms with van der Waals surface area (Å²) in [5.74, 6) is 0. The minimum Gasteiger partial charge on any atom is -0.309 e. The Morgan fingerprint density at radius 1 is 1.28 bits per heavy atom. The van der Waals surface area contributed by atoms with Gasteiger partial charge in [-0.25, -0.2) is 0 Å². The Kier molecular flexibility index (Phi) is 5.68. The summed E-state index contributed by atoms with van der Waals surface area (Å²) in [6.45, 7) is 0.807. The van der Waals surface area contributed by atoms with Gasteiger partial charge in [-0.15, -0.1) is 0 Å². The van der Waals surface area contributed by atoms with Crippen LogP contribution >= 0.6 is 35.0 Å². The first-order valence-corrected chi connectivity index (χ1v) is 8.45. The van der Waals surface area contributed by atoms with Crippen molar-refractivity contribution < 1.29 is 0 Å². The zero-order valence-electron chi connectivity index (χ0n) is 10.6. The van der Waals surface area contributed by atoms with Crippen molar-refractivity contribution in [3.8, 4) is 0 Å². The standard InChI is InChI=1S/C14H19Cl2NS/c1-18-14-5-3-2-4-13(14)17-9-10-8-11(15)6-7-12(10)16/h6-8,13-14,17H,2-5,9H2,1H3. The van der Waals surface area contributed by atoms with E-state index in [1.807, 2.05) is 30.0 Å². The molecule has 2 atom stereocenters. The predicted molar refractivity (Wildman–Crippen MR) is 82.9 cm³/mol. The van der Waals surface area contributed by atoms with Gasteiger partial charge in [0.05, 0.1) is 0 Å². The van der Waals surface area contributed by atoms with Crippen LogP contribution in [0.3, 0.4) is 0 Å². The van der Waals surface area contributed by atoms with Crippen molar-refractivity contribution in [3.05, 3.63) is 33.8 Å². The fraction of sp³-hybridized carbons (Fsp3) is 0.571. The lowest BCUT2D eigenvalue weighted by atomic mass is 9.94. The summed E-state index contributed by atoms with van der Waals surface area (Å²) >= 11 is 14.2. The largest absolute Gasteiger partial charge is 0.309 e. The normalized spacial score (nSPS) is 24.2. The van der Waals surface area contributed by atoms with Crippen LogP contribution in [0.4, 0.5) is 0 Å². The Hall–Kier alpha value is 0.110. The van der Waals surface area contributed by atoms with Gasteiger partial charge in [0.25, 0.3) is 0 Å². The minimum atomic E-state index is 0.601. The van der Waals surface area contributed by atoms with Crippen molar-refractivity contribution in [3.63, 3.8) is 0 Å². The van der Waals surface area contributed by atoms with Crippen molar-refractivity contribution >= 4 is 35.0 Å². The molecule has 4 heteroatoms. The summed E-state index contributed by atoms with van der Waals surface area (Å²) in [6, 6.07) is 6.25. The van der Waals surface area contributed by atoms with Crippen molar-refractivity contribution in [2.24, 2.45) is 0 Å². The number of hydrogen-bond donors (Lipinski definition) is 1. The Morgan fingerprint density at radius 2 is 2.06 bits per heavy atom. The minimum absolute atomic E-state index is 0.601. The topological polar surface area (TPSA) is 12.0 Å². The quantitative estimate of drug-likeness (QED) is 0.861. The summed E-state index contributed by atoms with van der Waals surface area (Å²) in [7, 11) is 0. The molecule has 0 heterocycles. The zero-order chi connectivity index (χ0) is 13.0. The summed E-state index contributed by atoms with van der Waals surface area (Å²) in [4.78, 5) is 0. The highest BCUT2D eigenvalue weighted by molar-refractivity contribution is 7.99. The van der Waals surface area contributed by atoms with E-state index in [0.717, 1.165) is 27.4 Å². The van der Waals surface area contributed by atoms with E-state index < -0.39 is 0 Å². The molecule has 0 aliphatic heterocycles. The molecule has 1 aromatic carbocycles. The van der Waals surface area contributed by atoms with Gasteiger partial charge in [0, 0.05) is 27.9 Å². The molecule has 0 amide bonds. The van der Waals surface area contributed by atoms with E-state index in [1.165, 1.54) is 25.7 Å². The second-order valence-corrected chi connectivity index (χ2v) is 6.70. The molecule has 2 rings (SSSR count). The molecule has 1 aliphatic carbocycles. The lowest BCUT2D eigenvalue weighted by Gasteiger charge is -2.31. The first kappa shape index (κ1) is 14.5. The van der Waals surface area contributed by atoms with Crippen molar-refractivity contribution in [1.29, 1.82) is 0 Å². The van der Waals surface area contributed by atoms with Gasteiger partial charge in [-0.1, -0.05) is 36.0 Å². The fourth-order valence-corrected chi connectivity index (χ4v) is 3.87. The number of rotatable bonds is 4. The van der Waals surface area contributed by atoms with Gasteiger partial charge in [0.2, 0.25) is 0 Å². The molecule has 0 aromatic heterocycles. The van der Waals surface area contributed by atoms with Gasteiger partial charge in [-0.3, -0.25) is 0 Å². The molecule has 1 fully saturated rings. The number of thioether (sulfide) groups is 1. The monoisotopic (exact) mass is 303 g/mol. The van der Waals surface area contributed by atoms with Gasteiger partial charge < -0.3 is 5.32 Å². The van der Waals surface area contributed by atoms with Crippen LogP contribution in [-0.2, 0) is 6.54 Å². The molecule has 0 radical (unpaired) electrons. The molecule has 1 aliphatic rings. The third kappa shape index (κ3) is 3.80. The average molecular weight is 304 g/mol. The maximum Gasteiger partial charge on any atom is 0.0451 e. The Bertz CT molecular complexity index is 397. The van der Waals surface area contributed by atoms with Gasteiger partial charge in [-0.2, -0.15) is 11.8 Å². The van der Waals surface area contributed by atoms with Crippen LogP contribution in [0.5, 0.6) is 0 Å². The van der Waals surface area contributed by atoms with Crippen LogP contribution in [0, 0.1) is 0 Å². The van der Waals surface area contributed by atoms with Gasteiger partial charge >= 0.3 is 0 Å². The van der Waals surface area contributed by atoms with E-state index in [2.05, 4.69) is 11.6 Å². The molecule has 1 nitrogen and oxygen atoms in total. The van der Waals surface area contributed by atoms with Crippen LogP contribution in [-0.4, -0.2) is 17.5 Å². The summed E-state index contributed by atoms with van der Waals surface area (Å²) in [5.41, 5.74) is 1.09. The molecular weight excluding hydrogens is 285 g/mol. The van der Waals surface area contributed by atoms with Crippen LogP contribution in [0.25, 0.3) is 0 Å². The van der Waals surface area contributed by atoms with E-state index in [9.17, 15) is 0 Å². The van der Waals surface area contributed by atoms with Crippen LogP contribution in [0.1, 0.15) is 31.2 Å². The Balaban J connectivity index is 1.95. The van der Waals surface area contributed by atoms with Gasteiger partial charge in [0.15, 0.2) is 0 Å². The highest BCUT2D eigenvalue weighted by atomic mass is 35.5. The molecule has 18 heavy (non-hydrogen) atoms. The SMILES string of the molecule is CSC1CCCCC1NCc1cc(Cl)ccc1Cl. The molecule has 0 spiro atoms. The van der Waals surface area contributed by atoms with E-state index in [1.54, 1.807) is 0 Å². The number of halogens is 2. The lowest BCUT2D eigenvalue weighted by Crippen LogP contribution is -2.39. The van der Waals surface area contributed by atoms with Crippen molar-refractivity contribution in [1.82, 2.24) is 5.32 Å². The van der Waals surface area contributed by atoms with Crippen molar-refractivity contribution in [2.45, 2.75) is 43.5 Å². The molecule has 1 saturated carbocycles. The van der Waals surface area contributed by atoms with Gasteiger partial charge in [-0.05, 0) is 42.9 Å². The molecular formula is C14H19Cl2NS. The number of nitrogens with one attached hydrogen (secondary N) is 1. The maximum atomic E-state index is 6.18. The average Bonchev–Trinajstić information content (AvgIpc) is 2.40. The Labute approximate surface area is 124 Å². The van der Waals surface area contributed by atoms with E-state index in [0.29, 0.717) is 6.04 Å².